The van der Waals surface area contributed by atoms with E-state index in [9.17, 15) is 0 Å². The van der Waals surface area contributed by atoms with Gasteiger partial charge in [-0.1, -0.05) is 19.8 Å². The van der Waals surface area contributed by atoms with Crippen molar-refractivity contribution in [1.82, 2.24) is 9.97 Å². The van der Waals surface area contributed by atoms with Crippen LogP contribution in [-0.4, -0.2) is 9.97 Å². The van der Waals surface area contributed by atoms with Crippen LogP contribution in [0.5, 0.6) is 0 Å². The molecule has 1 fully saturated rings. The minimum atomic E-state index is 0.404. The van der Waals surface area contributed by atoms with Gasteiger partial charge in [0, 0.05) is 17.8 Å². The van der Waals surface area contributed by atoms with Crippen molar-refractivity contribution in [3.8, 4) is 0 Å². The largest absolute Gasteiger partial charge is 0.368 e. The molecule has 14 heavy (non-hydrogen) atoms. The van der Waals surface area contributed by atoms with Gasteiger partial charge in [-0.3, -0.25) is 0 Å². The fourth-order valence-corrected chi connectivity index (χ4v) is 2.17. The summed E-state index contributed by atoms with van der Waals surface area (Å²) in [7, 11) is 0. The second kappa shape index (κ2) is 3.95. The van der Waals surface area contributed by atoms with Crippen LogP contribution in [0.15, 0.2) is 12.3 Å². The molecule has 3 heteroatoms. The fourth-order valence-electron chi connectivity index (χ4n) is 2.17. The number of anilines is 1. The van der Waals surface area contributed by atoms with Crippen LogP contribution in [-0.2, 0) is 0 Å². The summed E-state index contributed by atoms with van der Waals surface area (Å²) < 4.78 is 0. The lowest BCUT2D eigenvalue weighted by Crippen LogP contribution is -2.12. The van der Waals surface area contributed by atoms with E-state index in [4.69, 9.17) is 5.73 Å². The van der Waals surface area contributed by atoms with Crippen molar-refractivity contribution in [2.24, 2.45) is 5.92 Å². The van der Waals surface area contributed by atoms with Crippen LogP contribution in [0.3, 0.4) is 0 Å². The highest BCUT2D eigenvalue weighted by Gasteiger charge is 2.20. The molecule has 1 aliphatic rings. The molecule has 0 aliphatic heterocycles. The zero-order chi connectivity index (χ0) is 9.97. The van der Waals surface area contributed by atoms with Gasteiger partial charge in [-0.2, -0.15) is 0 Å². The molecule has 0 saturated heterocycles. The number of nitrogens with two attached hydrogens (primary N) is 1. The molecule has 0 spiro atoms. The number of hydrogen-bond donors (Lipinski definition) is 1. The zero-order valence-electron chi connectivity index (χ0n) is 8.61. The van der Waals surface area contributed by atoms with Gasteiger partial charge in [-0.25, -0.2) is 9.97 Å². The van der Waals surface area contributed by atoms with Gasteiger partial charge in [0.25, 0.3) is 0 Å². The molecule has 0 aromatic carbocycles. The quantitative estimate of drug-likeness (QED) is 0.741. The Morgan fingerprint density at radius 2 is 2.00 bits per heavy atom. The highest BCUT2D eigenvalue weighted by molar-refractivity contribution is 5.19. The van der Waals surface area contributed by atoms with E-state index < -0.39 is 0 Å². The van der Waals surface area contributed by atoms with Gasteiger partial charge in [-0.05, 0) is 24.8 Å². The SMILES string of the molecule is C[C@H]1CC[C@H](c2ccnc(N)n2)CC1. The van der Waals surface area contributed by atoms with Crippen LogP contribution >= 0.6 is 0 Å². The summed E-state index contributed by atoms with van der Waals surface area (Å²) in [5.74, 6) is 1.89. The van der Waals surface area contributed by atoms with Crippen molar-refractivity contribution in [3.63, 3.8) is 0 Å². The van der Waals surface area contributed by atoms with E-state index in [1.807, 2.05) is 6.07 Å². The molecule has 0 bridgehead atoms. The van der Waals surface area contributed by atoms with Gasteiger partial charge in [0.2, 0.25) is 5.95 Å². The summed E-state index contributed by atoms with van der Waals surface area (Å²) in [5.41, 5.74) is 6.70. The molecule has 1 aromatic rings. The van der Waals surface area contributed by atoms with E-state index in [0.29, 0.717) is 11.9 Å². The van der Waals surface area contributed by atoms with E-state index in [0.717, 1.165) is 11.6 Å². The number of aromatic nitrogens is 2. The molecule has 3 nitrogen and oxygen atoms in total. The Hall–Kier alpha value is -1.12. The minimum absolute atomic E-state index is 0.404. The summed E-state index contributed by atoms with van der Waals surface area (Å²) in [6.07, 6.45) is 6.88. The number of nitrogen functional groups attached to an aromatic ring is 1. The molecule has 76 valence electrons. The third-order valence-electron chi connectivity index (χ3n) is 3.13. The van der Waals surface area contributed by atoms with Crippen molar-refractivity contribution < 1.29 is 0 Å². The van der Waals surface area contributed by atoms with E-state index in [1.54, 1.807) is 6.20 Å². The lowest BCUT2D eigenvalue weighted by molar-refractivity contribution is 0.344. The van der Waals surface area contributed by atoms with Crippen molar-refractivity contribution in [1.29, 1.82) is 0 Å². The Morgan fingerprint density at radius 3 is 2.64 bits per heavy atom. The van der Waals surface area contributed by atoms with Crippen LogP contribution in [0.4, 0.5) is 5.95 Å². The molecule has 1 aliphatic carbocycles. The van der Waals surface area contributed by atoms with E-state index >= 15 is 0 Å². The standard InChI is InChI=1S/C11H17N3/c1-8-2-4-9(5-3-8)10-6-7-13-11(12)14-10/h6-9H,2-5H2,1H3,(H2,12,13,14)/t8-,9-. The Bertz CT molecular complexity index is 303. The number of nitrogens with zero attached hydrogens (tertiary/aromatic N) is 2. The monoisotopic (exact) mass is 191 g/mol. The molecule has 2 rings (SSSR count). The van der Waals surface area contributed by atoms with Gasteiger partial charge in [0.1, 0.15) is 0 Å². The maximum atomic E-state index is 5.57. The molecule has 1 saturated carbocycles. The highest BCUT2D eigenvalue weighted by Crippen LogP contribution is 2.34. The average Bonchev–Trinajstić information content (AvgIpc) is 2.19. The van der Waals surface area contributed by atoms with Crippen molar-refractivity contribution >= 4 is 5.95 Å². The maximum absolute atomic E-state index is 5.57. The van der Waals surface area contributed by atoms with E-state index in [-0.39, 0.29) is 0 Å². The predicted octanol–water partition coefficient (Wildman–Crippen LogP) is 2.35. The van der Waals surface area contributed by atoms with E-state index in [2.05, 4.69) is 16.9 Å². The van der Waals surface area contributed by atoms with Crippen LogP contribution < -0.4 is 5.73 Å². The zero-order valence-corrected chi connectivity index (χ0v) is 8.61. The van der Waals surface area contributed by atoms with E-state index in [1.165, 1.54) is 25.7 Å². The predicted molar refractivity (Wildman–Crippen MR) is 56.8 cm³/mol. The summed E-state index contributed by atoms with van der Waals surface area (Å²) in [6, 6.07) is 2.00. The van der Waals surface area contributed by atoms with Crippen molar-refractivity contribution in [3.05, 3.63) is 18.0 Å². The molecule has 0 radical (unpaired) electrons. The van der Waals surface area contributed by atoms with Gasteiger partial charge in [0.05, 0.1) is 0 Å². The van der Waals surface area contributed by atoms with Gasteiger partial charge in [0.15, 0.2) is 0 Å². The summed E-state index contributed by atoms with van der Waals surface area (Å²) in [5, 5.41) is 0. The maximum Gasteiger partial charge on any atom is 0.220 e. The summed E-state index contributed by atoms with van der Waals surface area (Å²) in [4.78, 5) is 8.20. The Kier molecular flexibility index (Phi) is 2.66. The topological polar surface area (TPSA) is 51.8 Å². The summed E-state index contributed by atoms with van der Waals surface area (Å²) in [6.45, 7) is 2.32. The first-order valence-electron chi connectivity index (χ1n) is 5.34. The molecule has 0 amide bonds. The second-order valence-electron chi connectivity index (χ2n) is 4.30. The molecule has 1 heterocycles. The Labute approximate surface area is 84.8 Å². The van der Waals surface area contributed by atoms with Crippen LogP contribution in [0.1, 0.15) is 44.2 Å². The Balaban J connectivity index is 2.08. The third-order valence-corrected chi connectivity index (χ3v) is 3.13. The first-order valence-corrected chi connectivity index (χ1v) is 5.34. The smallest absolute Gasteiger partial charge is 0.220 e. The molecule has 0 unspecified atom stereocenters. The molecule has 0 atom stereocenters. The summed E-state index contributed by atoms with van der Waals surface area (Å²) >= 11 is 0. The Morgan fingerprint density at radius 1 is 1.29 bits per heavy atom. The normalized spacial score (nSPS) is 27.5. The van der Waals surface area contributed by atoms with Gasteiger partial charge < -0.3 is 5.73 Å². The molecule has 1 aromatic heterocycles. The van der Waals surface area contributed by atoms with Crippen LogP contribution in [0.2, 0.25) is 0 Å². The minimum Gasteiger partial charge on any atom is -0.368 e. The highest BCUT2D eigenvalue weighted by atomic mass is 15.0. The first-order chi connectivity index (χ1) is 6.75. The number of rotatable bonds is 1. The first kappa shape index (κ1) is 9.44. The lowest BCUT2D eigenvalue weighted by atomic mass is 9.81. The molecule has 2 N–H and O–H groups in total. The second-order valence-corrected chi connectivity index (χ2v) is 4.30. The third kappa shape index (κ3) is 2.03. The number of hydrogen-bond acceptors (Lipinski definition) is 3. The molecular formula is C11H17N3. The fraction of sp³-hybridized carbons (Fsp3) is 0.636. The molecular weight excluding hydrogens is 174 g/mol. The van der Waals surface area contributed by atoms with Gasteiger partial charge in [-0.15, -0.1) is 0 Å². The van der Waals surface area contributed by atoms with Crippen molar-refractivity contribution in [2.45, 2.75) is 38.5 Å². The lowest BCUT2D eigenvalue weighted by Gasteiger charge is -2.25. The average molecular weight is 191 g/mol. The van der Waals surface area contributed by atoms with Crippen LogP contribution in [0, 0.1) is 5.92 Å². The van der Waals surface area contributed by atoms with Crippen LogP contribution in [0.25, 0.3) is 0 Å². The van der Waals surface area contributed by atoms with Crippen molar-refractivity contribution in [2.75, 3.05) is 5.73 Å². The van der Waals surface area contributed by atoms with Gasteiger partial charge >= 0.3 is 0 Å².